The van der Waals surface area contributed by atoms with Crippen molar-refractivity contribution in [3.63, 3.8) is 0 Å². The number of rotatable bonds is 3. The summed E-state index contributed by atoms with van der Waals surface area (Å²) in [5.74, 6) is -0.313. The SMILES string of the molecule is Cc1ccc(NC(=O)CC#N)c(-c2ccc(Cl)cc2)c1. The van der Waals surface area contributed by atoms with Gasteiger partial charge in [-0.1, -0.05) is 35.4 Å². The second-order valence-electron chi connectivity index (χ2n) is 4.44. The van der Waals surface area contributed by atoms with E-state index in [1.165, 1.54) is 0 Å². The summed E-state index contributed by atoms with van der Waals surface area (Å²) in [5.41, 5.74) is 3.66. The largest absolute Gasteiger partial charge is 0.325 e. The van der Waals surface area contributed by atoms with E-state index in [1.54, 1.807) is 12.1 Å². The number of carbonyl (C=O) groups excluding carboxylic acids is 1. The number of benzene rings is 2. The molecule has 0 radical (unpaired) electrons. The first kappa shape index (κ1) is 14.1. The summed E-state index contributed by atoms with van der Waals surface area (Å²) in [7, 11) is 0. The van der Waals surface area contributed by atoms with Gasteiger partial charge in [0.25, 0.3) is 0 Å². The highest BCUT2D eigenvalue weighted by molar-refractivity contribution is 6.30. The zero-order valence-electron chi connectivity index (χ0n) is 11.0. The van der Waals surface area contributed by atoms with Gasteiger partial charge in [-0.25, -0.2) is 0 Å². The predicted molar refractivity (Wildman–Crippen MR) is 80.5 cm³/mol. The van der Waals surface area contributed by atoms with Gasteiger partial charge in [-0.05, 0) is 36.8 Å². The van der Waals surface area contributed by atoms with Gasteiger partial charge >= 0.3 is 0 Å². The van der Waals surface area contributed by atoms with Crippen molar-refractivity contribution >= 4 is 23.2 Å². The maximum absolute atomic E-state index is 11.6. The van der Waals surface area contributed by atoms with Crippen LogP contribution in [-0.2, 0) is 4.79 Å². The zero-order chi connectivity index (χ0) is 14.5. The summed E-state index contributed by atoms with van der Waals surface area (Å²) in [6.45, 7) is 1.99. The Bertz CT molecular complexity index is 672. The van der Waals surface area contributed by atoms with Crippen LogP contribution in [0.5, 0.6) is 0 Å². The van der Waals surface area contributed by atoms with Gasteiger partial charge in [0.1, 0.15) is 6.42 Å². The average Bonchev–Trinajstić information content (AvgIpc) is 2.42. The quantitative estimate of drug-likeness (QED) is 0.920. The molecular weight excluding hydrogens is 272 g/mol. The van der Waals surface area contributed by atoms with Crippen molar-refractivity contribution in [2.24, 2.45) is 0 Å². The number of anilines is 1. The second-order valence-corrected chi connectivity index (χ2v) is 4.88. The Kier molecular flexibility index (Phi) is 4.39. The highest BCUT2D eigenvalue weighted by Crippen LogP contribution is 2.30. The van der Waals surface area contributed by atoms with Crippen molar-refractivity contribution < 1.29 is 4.79 Å². The molecule has 2 rings (SSSR count). The summed E-state index contributed by atoms with van der Waals surface area (Å²) in [6.07, 6.45) is -0.159. The van der Waals surface area contributed by atoms with Crippen LogP contribution in [0, 0.1) is 18.3 Å². The third-order valence-corrected chi connectivity index (χ3v) is 3.10. The monoisotopic (exact) mass is 284 g/mol. The maximum atomic E-state index is 11.6. The van der Waals surface area contributed by atoms with E-state index in [9.17, 15) is 4.79 Å². The van der Waals surface area contributed by atoms with Gasteiger partial charge in [-0.2, -0.15) is 5.26 Å². The van der Waals surface area contributed by atoms with Gasteiger partial charge < -0.3 is 5.32 Å². The van der Waals surface area contributed by atoms with Crippen LogP contribution in [0.3, 0.4) is 0 Å². The lowest BCUT2D eigenvalue weighted by atomic mass is 10.0. The molecule has 3 nitrogen and oxygen atoms in total. The fraction of sp³-hybridized carbons (Fsp3) is 0.125. The normalized spacial score (nSPS) is 9.85. The van der Waals surface area contributed by atoms with Crippen molar-refractivity contribution in [3.05, 3.63) is 53.1 Å². The smallest absolute Gasteiger partial charge is 0.238 e. The molecule has 0 heterocycles. The maximum Gasteiger partial charge on any atom is 0.238 e. The van der Waals surface area contributed by atoms with Crippen LogP contribution >= 0.6 is 11.6 Å². The van der Waals surface area contributed by atoms with Crippen LogP contribution in [0.4, 0.5) is 5.69 Å². The second kappa shape index (κ2) is 6.23. The van der Waals surface area contributed by atoms with Gasteiger partial charge in [-0.3, -0.25) is 4.79 Å². The van der Waals surface area contributed by atoms with Crippen LogP contribution in [0.25, 0.3) is 11.1 Å². The van der Waals surface area contributed by atoms with Crippen molar-refractivity contribution in [1.82, 2.24) is 0 Å². The Balaban J connectivity index is 2.40. The minimum absolute atomic E-state index is 0.159. The lowest BCUT2D eigenvalue weighted by Crippen LogP contribution is -2.11. The summed E-state index contributed by atoms with van der Waals surface area (Å²) in [5, 5.41) is 12.0. The first-order valence-corrected chi connectivity index (χ1v) is 6.51. The van der Waals surface area contributed by atoms with Crippen LogP contribution in [0.1, 0.15) is 12.0 Å². The Hall–Kier alpha value is -2.31. The Morgan fingerprint density at radius 1 is 1.25 bits per heavy atom. The van der Waals surface area contributed by atoms with E-state index in [4.69, 9.17) is 16.9 Å². The first-order valence-electron chi connectivity index (χ1n) is 6.13. The summed E-state index contributed by atoms with van der Waals surface area (Å²) < 4.78 is 0. The van der Waals surface area contributed by atoms with Crippen LogP contribution in [0.2, 0.25) is 5.02 Å². The molecule has 0 saturated heterocycles. The molecule has 0 aromatic heterocycles. The fourth-order valence-electron chi connectivity index (χ4n) is 1.90. The number of hydrogen-bond donors (Lipinski definition) is 1. The van der Waals surface area contributed by atoms with E-state index in [1.807, 2.05) is 43.3 Å². The van der Waals surface area contributed by atoms with Crippen LogP contribution in [0.15, 0.2) is 42.5 Å². The molecule has 0 saturated carbocycles. The number of nitriles is 1. The molecule has 100 valence electrons. The molecule has 0 unspecified atom stereocenters. The first-order chi connectivity index (χ1) is 9.60. The van der Waals surface area contributed by atoms with Crippen molar-refractivity contribution in [2.75, 3.05) is 5.32 Å². The average molecular weight is 285 g/mol. The Morgan fingerprint density at radius 3 is 2.60 bits per heavy atom. The molecule has 0 aliphatic rings. The number of hydrogen-bond acceptors (Lipinski definition) is 2. The van der Waals surface area contributed by atoms with E-state index in [0.29, 0.717) is 10.7 Å². The number of nitrogens with zero attached hydrogens (tertiary/aromatic N) is 1. The molecule has 1 amide bonds. The Labute approximate surface area is 122 Å². The topological polar surface area (TPSA) is 52.9 Å². The summed E-state index contributed by atoms with van der Waals surface area (Å²) >= 11 is 5.89. The molecule has 4 heteroatoms. The number of nitrogens with one attached hydrogen (secondary N) is 1. The van der Waals surface area contributed by atoms with Gasteiger partial charge in [0.15, 0.2) is 0 Å². The van der Waals surface area contributed by atoms with Gasteiger partial charge in [-0.15, -0.1) is 0 Å². The minimum atomic E-state index is -0.313. The van der Waals surface area contributed by atoms with Crippen LogP contribution < -0.4 is 5.32 Å². The molecule has 0 aliphatic carbocycles. The van der Waals surface area contributed by atoms with E-state index in [2.05, 4.69) is 5.32 Å². The molecule has 0 aliphatic heterocycles. The third kappa shape index (κ3) is 3.37. The molecule has 0 spiro atoms. The van der Waals surface area contributed by atoms with Gasteiger partial charge in [0.2, 0.25) is 5.91 Å². The van der Waals surface area contributed by atoms with Crippen LogP contribution in [-0.4, -0.2) is 5.91 Å². The highest BCUT2D eigenvalue weighted by Gasteiger charge is 2.09. The number of aryl methyl sites for hydroxylation is 1. The molecule has 20 heavy (non-hydrogen) atoms. The number of carbonyl (C=O) groups is 1. The van der Waals surface area contributed by atoms with E-state index >= 15 is 0 Å². The summed E-state index contributed by atoms with van der Waals surface area (Å²) in [6, 6.07) is 15.0. The van der Waals surface area contributed by atoms with Crippen molar-refractivity contribution in [2.45, 2.75) is 13.3 Å². The standard InChI is InChI=1S/C16H13ClN2O/c1-11-2-7-15(19-16(20)8-9-18)14(10-11)12-3-5-13(17)6-4-12/h2-7,10H,8H2,1H3,(H,19,20). The molecule has 0 atom stereocenters. The highest BCUT2D eigenvalue weighted by atomic mass is 35.5. The fourth-order valence-corrected chi connectivity index (χ4v) is 2.03. The molecule has 2 aromatic carbocycles. The van der Waals surface area contributed by atoms with Gasteiger partial charge in [0.05, 0.1) is 6.07 Å². The molecule has 0 fully saturated rings. The third-order valence-electron chi connectivity index (χ3n) is 2.84. The van der Waals surface area contributed by atoms with E-state index in [0.717, 1.165) is 16.7 Å². The van der Waals surface area contributed by atoms with E-state index in [-0.39, 0.29) is 12.3 Å². The molecular formula is C16H13ClN2O. The molecule has 1 N–H and O–H groups in total. The lowest BCUT2D eigenvalue weighted by molar-refractivity contribution is -0.115. The van der Waals surface area contributed by atoms with Crippen molar-refractivity contribution in [1.29, 1.82) is 5.26 Å². The van der Waals surface area contributed by atoms with Crippen molar-refractivity contribution in [3.8, 4) is 17.2 Å². The zero-order valence-corrected chi connectivity index (χ0v) is 11.7. The van der Waals surface area contributed by atoms with E-state index < -0.39 is 0 Å². The Morgan fingerprint density at radius 2 is 1.95 bits per heavy atom. The lowest BCUT2D eigenvalue weighted by Gasteiger charge is -2.12. The molecule has 0 bridgehead atoms. The minimum Gasteiger partial charge on any atom is -0.325 e. The number of amides is 1. The molecule has 2 aromatic rings. The predicted octanol–water partition coefficient (Wildman–Crippen LogP) is 4.17. The van der Waals surface area contributed by atoms with Gasteiger partial charge in [0, 0.05) is 16.3 Å². The summed E-state index contributed by atoms with van der Waals surface area (Å²) in [4.78, 5) is 11.6. The number of halogens is 1.